The van der Waals surface area contributed by atoms with Crippen molar-refractivity contribution in [3.05, 3.63) is 59.3 Å². The average molecular weight is 393 g/mol. The zero-order chi connectivity index (χ0) is 19.0. The molecule has 0 N–H and O–H groups in total. The standard InChI is InChI=1S/C22H17ClN2O3/c23-12-3-1-11(2-4-12)18-8-5-13(28-18)10-24-25-21(26)19-14-6-7-15(17-9-16(14)17)20(19)22(25)27/h1-8,10,14-17,19-20H,9H2/t14-,15+,16-,17+,19-,20+. The van der Waals surface area contributed by atoms with Crippen molar-refractivity contribution in [2.75, 3.05) is 0 Å². The van der Waals surface area contributed by atoms with E-state index in [4.69, 9.17) is 16.0 Å². The molecular formula is C22H17ClN2O3. The van der Waals surface area contributed by atoms with Crippen molar-refractivity contribution in [3.63, 3.8) is 0 Å². The van der Waals surface area contributed by atoms with E-state index in [1.54, 1.807) is 18.2 Å². The minimum Gasteiger partial charge on any atom is -0.455 e. The van der Waals surface area contributed by atoms with Crippen LogP contribution in [0.25, 0.3) is 11.3 Å². The number of hydrogen-bond acceptors (Lipinski definition) is 4. The topological polar surface area (TPSA) is 62.9 Å². The first-order valence-electron chi connectivity index (χ1n) is 9.58. The van der Waals surface area contributed by atoms with Crippen LogP contribution in [0.3, 0.4) is 0 Å². The molecule has 2 heterocycles. The van der Waals surface area contributed by atoms with Crippen molar-refractivity contribution < 1.29 is 14.0 Å². The highest BCUT2D eigenvalue weighted by molar-refractivity contribution is 6.30. The van der Waals surface area contributed by atoms with Gasteiger partial charge in [0.05, 0.1) is 18.1 Å². The van der Waals surface area contributed by atoms with E-state index in [1.807, 2.05) is 18.2 Å². The third kappa shape index (κ3) is 2.23. The van der Waals surface area contributed by atoms with Crippen LogP contribution in [0.1, 0.15) is 12.2 Å². The Morgan fingerprint density at radius 3 is 2.25 bits per heavy atom. The SMILES string of the molecule is O=C1[C@@H]2[C@@H]3C=C[C@@H]([C@@H]4C[C@H]34)[C@@H]2C(=O)N1N=Cc1ccc(-c2ccc(Cl)cc2)o1. The monoisotopic (exact) mass is 392 g/mol. The number of carbonyl (C=O) groups is 2. The van der Waals surface area contributed by atoms with Crippen LogP contribution in [-0.2, 0) is 9.59 Å². The fourth-order valence-electron chi connectivity index (χ4n) is 5.36. The fraction of sp³-hybridized carbons (Fsp3) is 0.318. The third-order valence-corrected chi connectivity index (χ3v) is 6.95. The lowest BCUT2D eigenvalue weighted by molar-refractivity contribution is -0.140. The highest BCUT2D eigenvalue weighted by atomic mass is 35.5. The van der Waals surface area contributed by atoms with E-state index in [0.29, 0.717) is 28.4 Å². The number of hydrazone groups is 1. The van der Waals surface area contributed by atoms with Crippen LogP contribution in [0.4, 0.5) is 0 Å². The van der Waals surface area contributed by atoms with Gasteiger partial charge in [-0.15, -0.1) is 0 Å². The molecule has 5 nitrogen and oxygen atoms in total. The molecule has 1 saturated heterocycles. The number of amides is 2. The van der Waals surface area contributed by atoms with Crippen LogP contribution in [0.5, 0.6) is 0 Å². The first-order chi connectivity index (χ1) is 13.6. The van der Waals surface area contributed by atoms with E-state index in [2.05, 4.69) is 17.3 Å². The van der Waals surface area contributed by atoms with Crippen LogP contribution in [0.15, 0.2) is 58.1 Å². The Hall–Kier alpha value is -2.66. The summed E-state index contributed by atoms with van der Waals surface area (Å²) < 4.78 is 5.78. The normalized spacial score (nSPS) is 35.0. The van der Waals surface area contributed by atoms with Crippen LogP contribution in [0.2, 0.25) is 5.02 Å². The predicted octanol–water partition coefficient (Wildman–Crippen LogP) is 3.99. The molecule has 5 aliphatic rings. The summed E-state index contributed by atoms with van der Waals surface area (Å²) in [4.78, 5) is 25.8. The first-order valence-corrected chi connectivity index (χ1v) is 9.95. The Labute approximate surface area is 166 Å². The summed E-state index contributed by atoms with van der Waals surface area (Å²) in [6, 6.07) is 10.9. The van der Waals surface area contributed by atoms with Crippen LogP contribution in [0, 0.1) is 35.5 Å². The van der Waals surface area contributed by atoms with Crippen molar-refractivity contribution in [2.45, 2.75) is 6.42 Å². The lowest BCUT2D eigenvalue weighted by Gasteiger charge is -2.37. The minimum absolute atomic E-state index is 0.166. The molecule has 1 aromatic heterocycles. The zero-order valence-electron chi connectivity index (χ0n) is 14.9. The smallest absolute Gasteiger partial charge is 0.254 e. The highest BCUT2D eigenvalue weighted by Gasteiger charge is 2.67. The second-order valence-corrected chi connectivity index (χ2v) is 8.53. The molecule has 1 aliphatic heterocycles. The summed E-state index contributed by atoms with van der Waals surface area (Å²) in [6.07, 6.45) is 6.91. The maximum absolute atomic E-state index is 12.9. The molecular weight excluding hydrogens is 376 g/mol. The molecule has 0 spiro atoms. The van der Waals surface area contributed by atoms with Crippen molar-refractivity contribution in [2.24, 2.45) is 40.6 Å². The number of benzene rings is 1. The van der Waals surface area contributed by atoms with Crippen LogP contribution >= 0.6 is 11.6 Å². The molecule has 0 radical (unpaired) electrons. The highest BCUT2D eigenvalue weighted by Crippen LogP contribution is 2.65. The molecule has 6 heteroatoms. The van der Waals surface area contributed by atoms with Gasteiger partial charge in [-0.3, -0.25) is 9.59 Å². The molecule has 3 fully saturated rings. The molecule has 4 aliphatic carbocycles. The summed E-state index contributed by atoms with van der Waals surface area (Å²) in [5.41, 5.74) is 0.894. The van der Waals surface area contributed by atoms with Crippen molar-refractivity contribution in [3.8, 4) is 11.3 Å². The number of carbonyl (C=O) groups excluding carboxylic acids is 2. The van der Waals surface area contributed by atoms with Crippen LogP contribution in [-0.4, -0.2) is 23.0 Å². The minimum atomic E-state index is -0.232. The average Bonchev–Trinajstić information content (AvgIpc) is 3.34. The van der Waals surface area contributed by atoms with Crippen molar-refractivity contribution in [1.29, 1.82) is 0 Å². The van der Waals surface area contributed by atoms with E-state index >= 15 is 0 Å². The second kappa shape index (κ2) is 5.67. The summed E-state index contributed by atoms with van der Waals surface area (Å²) >= 11 is 5.92. The fourth-order valence-corrected chi connectivity index (χ4v) is 5.49. The van der Waals surface area contributed by atoms with E-state index in [1.165, 1.54) is 6.21 Å². The summed E-state index contributed by atoms with van der Waals surface area (Å²) in [6.45, 7) is 0. The molecule has 2 aromatic rings. The molecule has 2 saturated carbocycles. The van der Waals surface area contributed by atoms with Gasteiger partial charge in [0.15, 0.2) is 0 Å². The van der Waals surface area contributed by atoms with Gasteiger partial charge < -0.3 is 4.42 Å². The van der Waals surface area contributed by atoms with Gasteiger partial charge in [-0.05, 0) is 66.5 Å². The molecule has 7 rings (SSSR count). The molecule has 140 valence electrons. The lowest BCUT2D eigenvalue weighted by atomic mass is 9.63. The molecule has 0 unspecified atom stereocenters. The Bertz CT molecular complexity index is 1020. The Balaban J connectivity index is 1.24. The molecule has 6 atom stereocenters. The number of hydrogen-bond donors (Lipinski definition) is 0. The molecule has 2 amide bonds. The number of furan rings is 1. The number of nitrogens with zero attached hydrogens (tertiary/aromatic N) is 2. The number of halogens is 1. The zero-order valence-corrected chi connectivity index (χ0v) is 15.6. The summed E-state index contributed by atoms with van der Waals surface area (Å²) in [7, 11) is 0. The predicted molar refractivity (Wildman–Crippen MR) is 103 cm³/mol. The van der Waals surface area contributed by atoms with Crippen LogP contribution < -0.4 is 0 Å². The van der Waals surface area contributed by atoms with E-state index in [-0.39, 0.29) is 35.5 Å². The Morgan fingerprint density at radius 1 is 0.964 bits per heavy atom. The Morgan fingerprint density at radius 2 is 1.61 bits per heavy atom. The quantitative estimate of drug-likeness (QED) is 0.451. The van der Waals surface area contributed by atoms with Gasteiger partial charge in [-0.2, -0.15) is 10.1 Å². The maximum atomic E-state index is 12.9. The largest absolute Gasteiger partial charge is 0.455 e. The van der Waals surface area contributed by atoms with Crippen molar-refractivity contribution >= 4 is 29.6 Å². The number of rotatable bonds is 3. The van der Waals surface area contributed by atoms with Gasteiger partial charge in [0, 0.05) is 10.6 Å². The van der Waals surface area contributed by atoms with Gasteiger partial charge in [-0.1, -0.05) is 23.8 Å². The van der Waals surface area contributed by atoms with E-state index < -0.39 is 0 Å². The number of allylic oxidation sites excluding steroid dienone is 2. The van der Waals surface area contributed by atoms with E-state index in [0.717, 1.165) is 17.0 Å². The summed E-state index contributed by atoms with van der Waals surface area (Å²) in [5, 5.41) is 5.93. The van der Waals surface area contributed by atoms with Crippen molar-refractivity contribution in [1.82, 2.24) is 5.01 Å². The molecule has 28 heavy (non-hydrogen) atoms. The van der Waals surface area contributed by atoms with Gasteiger partial charge >= 0.3 is 0 Å². The van der Waals surface area contributed by atoms with Gasteiger partial charge in [0.1, 0.15) is 11.5 Å². The van der Waals surface area contributed by atoms with Gasteiger partial charge in [-0.25, -0.2) is 0 Å². The molecule has 1 aromatic carbocycles. The first kappa shape index (κ1) is 16.3. The van der Waals surface area contributed by atoms with Gasteiger partial charge in [0.2, 0.25) is 0 Å². The van der Waals surface area contributed by atoms with E-state index in [9.17, 15) is 9.59 Å². The Kier molecular flexibility index (Phi) is 3.30. The maximum Gasteiger partial charge on any atom is 0.254 e. The second-order valence-electron chi connectivity index (χ2n) is 8.10. The van der Waals surface area contributed by atoms with Gasteiger partial charge in [0.25, 0.3) is 11.8 Å². The lowest BCUT2D eigenvalue weighted by Crippen LogP contribution is -2.40. The molecule has 2 bridgehead atoms. The summed E-state index contributed by atoms with van der Waals surface area (Å²) in [5.74, 6) is 1.95. The third-order valence-electron chi connectivity index (χ3n) is 6.70. The number of imide groups is 1.